The van der Waals surface area contributed by atoms with Gasteiger partial charge in [0, 0.05) is 0 Å². The van der Waals surface area contributed by atoms with E-state index in [2.05, 4.69) is 21.5 Å². The van der Waals surface area contributed by atoms with Gasteiger partial charge in [-0.15, -0.1) is 6.42 Å². The number of hydrogen-bond donors (Lipinski definition) is 2. The Labute approximate surface area is 130 Å². The summed E-state index contributed by atoms with van der Waals surface area (Å²) in [5, 5.41) is 6.25. The Morgan fingerprint density at radius 1 is 1.33 bits per heavy atom. The van der Waals surface area contributed by atoms with Crippen LogP contribution in [0.3, 0.4) is 0 Å². The Bertz CT molecular complexity index is 350. The highest BCUT2D eigenvalue weighted by atomic mass is 16.2. The van der Waals surface area contributed by atoms with Crippen molar-refractivity contribution >= 4 is 5.91 Å². The molecule has 1 heterocycles. The number of likely N-dealkylation sites (tertiary alicyclic amines) is 1. The molecule has 120 valence electrons. The number of amides is 1. The third-order valence-corrected chi connectivity index (χ3v) is 4.74. The van der Waals surface area contributed by atoms with Gasteiger partial charge in [0.1, 0.15) is 5.54 Å². The highest BCUT2D eigenvalue weighted by Gasteiger charge is 2.27. The molecule has 1 aliphatic heterocycles. The second-order valence-corrected chi connectivity index (χ2v) is 6.09. The van der Waals surface area contributed by atoms with Gasteiger partial charge in [0.15, 0.2) is 0 Å². The van der Waals surface area contributed by atoms with Gasteiger partial charge in [0.25, 0.3) is 0 Å². The van der Waals surface area contributed by atoms with Crippen molar-refractivity contribution in [2.75, 3.05) is 33.2 Å². The van der Waals surface area contributed by atoms with Crippen molar-refractivity contribution in [3.8, 4) is 12.3 Å². The number of carbonyl (C=O) groups is 1. The lowest BCUT2D eigenvalue weighted by atomic mass is 9.93. The molecule has 0 unspecified atom stereocenters. The van der Waals surface area contributed by atoms with E-state index in [0.717, 1.165) is 38.4 Å². The predicted octanol–water partition coefficient (Wildman–Crippen LogP) is 1.62. The molecule has 1 saturated heterocycles. The zero-order valence-corrected chi connectivity index (χ0v) is 13.9. The molecule has 1 fully saturated rings. The van der Waals surface area contributed by atoms with Crippen LogP contribution < -0.4 is 10.6 Å². The molecule has 0 aliphatic carbocycles. The smallest absolute Gasteiger partial charge is 0.235 e. The molecular formula is C17H31N3O. The van der Waals surface area contributed by atoms with E-state index in [1.165, 1.54) is 19.3 Å². The van der Waals surface area contributed by atoms with Gasteiger partial charge in [-0.05, 0) is 64.7 Å². The molecule has 0 radical (unpaired) electrons. The van der Waals surface area contributed by atoms with Crippen molar-refractivity contribution in [2.24, 2.45) is 5.92 Å². The van der Waals surface area contributed by atoms with Gasteiger partial charge in [-0.25, -0.2) is 0 Å². The van der Waals surface area contributed by atoms with Crippen molar-refractivity contribution in [1.29, 1.82) is 0 Å². The van der Waals surface area contributed by atoms with E-state index in [9.17, 15) is 4.79 Å². The molecule has 1 amide bonds. The van der Waals surface area contributed by atoms with Gasteiger partial charge in [-0.2, -0.15) is 0 Å². The van der Waals surface area contributed by atoms with Crippen LogP contribution in [0.25, 0.3) is 0 Å². The minimum absolute atomic E-state index is 0.0605. The fourth-order valence-electron chi connectivity index (χ4n) is 2.96. The van der Waals surface area contributed by atoms with E-state index in [0.29, 0.717) is 6.54 Å². The summed E-state index contributed by atoms with van der Waals surface area (Å²) in [6, 6.07) is 0. The average Bonchev–Trinajstić information content (AvgIpc) is 2.52. The van der Waals surface area contributed by atoms with Crippen LogP contribution in [0.15, 0.2) is 0 Å². The fraction of sp³-hybridized carbons (Fsp3) is 0.824. The number of rotatable bonds is 8. The predicted molar refractivity (Wildman–Crippen MR) is 88.0 cm³/mol. The van der Waals surface area contributed by atoms with E-state index < -0.39 is 5.54 Å². The summed E-state index contributed by atoms with van der Waals surface area (Å²) in [6.45, 7) is 7.64. The first kappa shape index (κ1) is 18.0. The molecule has 21 heavy (non-hydrogen) atoms. The SMILES string of the molecule is C#CC(CC)(CC)NC(=O)CN1CCC(CCNC)CC1. The third-order valence-electron chi connectivity index (χ3n) is 4.74. The molecule has 1 aliphatic rings. The maximum atomic E-state index is 12.2. The Kier molecular flexibility index (Phi) is 7.77. The first-order chi connectivity index (χ1) is 10.1. The molecule has 0 bridgehead atoms. The normalized spacial score (nSPS) is 17.4. The number of nitrogens with zero attached hydrogens (tertiary/aromatic N) is 1. The van der Waals surface area contributed by atoms with E-state index in [-0.39, 0.29) is 5.91 Å². The van der Waals surface area contributed by atoms with Crippen molar-refractivity contribution in [3.05, 3.63) is 0 Å². The van der Waals surface area contributed by atoms with E-state index >= 15 is 0 Å². The lowest BCUT2D eigenvalue weighted by Gasteiger charge is -2.33. The molecule has 0 spiro atoms. The first-order valence-corrected chi connectivity index (χ1v) is 8.24. The Morgan fingerprint density at radius 2 is 1.95 bits per heavy atom. The molecule has 0 saturated carbocycles. The summed E-state index contributed by atoms with van der Waals surface area (Å²) >= 11 is 0. The Balaban J connectivity index is 2.35. The summed E-state index contributed by atoms with van der Waals surface area (Å²) in [4.78, 5) is 14.4. The number of piperidine rings is 1. The molecule has 0 aromatic heterocycles. The fourth-order valence-corrected chi connectivity index (χ4v) is 2.96. The number of carbonyl (C=O) groups excluding carboxylic acids is 1. The topological polar surface area (TPSA) is 44.4 Å². The standard InChI is InChI=1S/C17H31N3O/c1-5-17(6-2,7-3)19-16(21)14-20-12-9-15(10-13-20)8-11-18-4/h1,15,18H,6-14H2,2-4H3,(H,19,21). The Morgan fingerprint density at radius 3 is 2.43 bits per heavy atom. The van der Waals surface area contributed by atoms with Crippen LogP contribution in [-0.2, 0) is 4.79 Å². The second kappa shape index (κ2) is 9.07. The van der Waals surface area contributed by atoms with E-state index in [1.54, 1.807) is 0 Å². The highest BCUT2D eigenvalue weighted by Crippen LogP contribution is 2.20. The summed E-state index contributed by atoms with van der Waals surface area (Å²) in [6.07, 6.45) is 10.8. The van der Waals surface area contributed by atoms with Crippen LogP contribution in [0.2, 0.25) is 0 Å². The molecular weight excluding hydrogens is 262 g/mol. The zero-order chi connectivity index (χ0) is 15.7. The van der Waals surface area contributed by atoms with Crippen molar-refractivity contribution in [1.82, 2.24) is 15.5 Å². The minimum atomic E-state index is -0.470. The molecule has 1 rings (SSSR count). The average molecular weight is 293 g/mol. The van der Waals surface area contributed by atoms with E-state index in [1.807, 2.05) is 20.9 Å². The number of hydrogen-bond acceptors (Lipinski definition) is 3. The molecule has 2 N–H and O–H groups in total. The van der Waals surface area contributed by atoms with Gasteiger partial charge in [0.2, 0.25) is 5.91 Å². The largest absolute Gasteiger partial charge is 0.339 e. The zero-order valence-electron chi connectivity index (χ0n) is 13.9. The van der Waals surface area contributed by atoms with Gasteiger partial charge < -0.3 is 10.6 Å². The van der Waals surface area contributed by atoms with Crippen molar-refractivity contribution in [2.45, 2.75) is 51.5 Å². The maximum Gasteiger partial charge on any atom is 0.235 e. The van der Waals surface area contributed by atoms with Crippen LogP contribution in [0.5, 0.6) is 0 Å². The summed E-state index contributed by atoms with van der Waals surface area (Å²) in [5.74, 6) is 3.62. The van der Waals surface area contributed by atoms with Gasteiger partial charge in [-0.1, -0.05) is 19.8 Å². The van der Waals surface area contributed by atoms with Crippen LogP contribution in [0.1, 0.15) is 46.0 Å². The quantitative estimate of drug-likeness (QED) is 0.668. The Hall–Kier alpha value is -1.05. The van der Waals surface area contributed by atoms with Crippen LogP contribution in [0, 0.1) is 18.3 Å². The van der Waals surface area contributed by atoms with Crippen LogP contribution in [0.4, 0.5) is 0 Å². The lowest BCUT2D eigenvalue weighted by Crippen LogP contribution is -2.51. The maximum absolute atomic E-state index is 12.2. The minimum Gasteiger partial charge on any atom is -0.339 e. The van der Waals surface area contributed by atoms with Crippen molar-refractivity contribution in [3.63, 3.8) is 0 Å². The van der Waals surface area contributed by atoms with Gasteiger partial charge in [-0.3, -0.25) is 9.69 Å². The molecule has 0 atom stereocenters. The monoisotopic (exact) mass is 293 g/mol. The second-order valence-electron chi connectivity index (χ2n) is 6.09. The van der Waals surface area contributed by atoms with Crippen molar-refractivity contribution < 1.29 is 4.79 Å². The lowest BCUT2D eigenvalue weighted by molar-refractivity contribution is -0.124. The summed E-state index contributed by atoms with van der Waals surface area (Å²) < 4.78 is 0. The molecule has 4 nitrogen and oxygen atoms in total. The molecule has 0 aromatic carbocycles. The summed E-state index contributed by atoms with van der Waals surface area (Å²) in [5.41, 5.74) is -0.470. The summed E-state index contributed by atoms with van der Waals surface area (Å²) in [7, 11) is 2.00. The number of nitrogens with one attached hydrogen (secondary N) is 2. The van der Waals surface area contributed by atoms with Crippen LogP contribution in [-0.4, -0.2) is 49.6 Å². The van der Waals surface area contributed by atoms with Gasteiger partial charge in [0.05, 0.1) is 6.54 Å². The molecule has 0 aromatic rings. The third kappa shape index (κ3) is 5.68. The van der Waals surface area contributed by atoms with E-state index in [4.69, 9.17) is 6.42 Å². The first-order valence-electron chi connectivity index (χ1n) is 8.24. The highest BCUT2D eigenvalue weighted by molar-refractivity contribution is 5.79. The number of terminal acetylenes is 1. The molecule has 4 heteroatoms. The van der Waals surface area contributed by atoms with Crippen LogP contribution >= 0.6 is 0 Å². The van der Waals surface area contributed by atoms with Gasteiger partial charge >= 0.3 is 0 Å².